The second kappa shape index (κ2) is 7.21. The molecular formula is C12H18ClIN2O2S. The highest BCUT2D eigenvalue weighted by Gasteiger charge is 2.26. The van der Waals surface area contributed by atoms with Crippen LogP contribution in [-0.2, 0) is 10.0 Å². The molecule has 0 aromatic heterocycles. The molecule has 0 spiro atoms. The van der Waals surface area contributed by atoms with Gasteiger partial charge in [-0.05, 0) is 59.7 Å². The summed E-state index contributed by atoms with van der Waals surface area (Å²) in [5.41, 5.74) is 0. The number of sulfonamides is 1. The maximum Gasteiger partial charge on any atom is 0.240 e. The third-order valence-corrected chi connectivity index (χ3v) is 5.40. The number of hydrogen-bond acceptors (Lipinski definition) is 3. The minimum Gasteiger partial charge on any atom is -0.315 e. The SMILES string of the molecule is CC1CCNCC1NS(=O)(=O)c1cccc(I)c1.Cl. The van der Waals surface area contributed by atoms with E-state index in [2.05, 4.69) is 39.6 Å². The maximum atomic E-state index is 12.3. The molecule has 0 radical (unpaired) electrons. The van der Waals surface area contributed by atoms with Crippen LogP contribution in [0.4, 0.5) is 0 Å². The van der Waals surface area contributed by atoms with Crippen molar-refractivity contribution in [2.24, 2.45) is 5.92 Å². The maximum absolute atomic E-state index is 12.3. The summed E-state index contributed by atoms with van der Waals surface area (Å²) in [5.74, 6) is 0.365. The Balaban J connectivity index is 0.00000180. The molecule has 1 saturated heterocycles. The first-order valence-electron chi connectivity index (χ1n) is 5.97. The van der Waals surface area contributed by atoms with Crippen molar-refractivity contribution >= 4 is 45.0 Å². The molecule has 1 fully saturated rings. The Labute approximate surface area is 134 Å². The molecule has 2 unspecified atom stereocenters. The van der Waals surface area contributed by atoms with Crippen LogP contribution in [0.3, 0.4) is 0 Å². The topological polar surface area (TPSA) is 58.2 Å². The Morgan fingerprint density at radius 2 is 2.16 bits per heavy atom. The van der Waals surface area contributed by atoms with E-state index in [4.69, 9.17) is 0 Å². The number of hydrogen-bond donors (Lipinski definition) is 2. The first kappa shape index (κ1) is 17.2. The fourth-order valence-electron chi connectivity index (χ4n) is 2.05. The Morgan fingerprint density at radius 3 is 2.79 bits per heavy atom. The summed E-state index contributed by atoms with van der Waals surface area (Å²) in [6.07, 6.45) is 1.000. The Hall–Kier alpha value is 0.110. The predicted octanol–water partition coefficient (Wildman–Crippen LogP) is 1.99. The van der Waals surface area contributed by atoms with E-state index in [0.29, 0.717) is 17.4 Å². The summed E-state index contributed by atoms with van der Waals surface area (Å²) in [5, 5.41) is 3.22. The molecule has 1 aliphatic rings. The van der Waals surface area contributed by atoms with Gasteiger partial charge in [-0.15, -0.1) is 12.4 Å². The highest BCUT2D eigenvalue weighted by atomic mass is 127. The molecule has 4 nitrogen and oxygen atoms in total. The van der Waals surface area contributed by atoms with E-state index in [0.717, 1.165) is 16.5 Å². The molecule has 7 heteroatoms. The quantitative estimate of drug-likeness (QED) is 0.741. The van der Waals surface area contributed by atoms with Crippen LogP contribution in [0, 0.1) is 9.49 Å². The lowest BCUT2D eigenvalue weighted by molar-refractivity contribution is 0.327. The van der Waals surface area contributed by atoms with Gasteiger partial charge in [0, 0.05) is 16.2 Å². The van der Waals surface area contributed by atoms with E-state index in [9.17, 15) is 8.42 Å². The molecule has 0 bridgehead atoms. The van der Waals surface area contributed by atoms with Crippen molar-refractivity contribution in [3.05, 3.63) is 27.8 Å². The van der Waals surface area contributed by atoms with Gasteiger partial charge >= 0.3 is 0 Å². The Kier molecular flexibility index (Phi) is 6.52. The zero-order valence-electron chi connectivity index (χ0n) is 10.6. The molecule has 1 heterocycles. The number of halogens is 2. The summed E-state index contributed by atoms with van der Waals surface area (Å²) in [6, 6.07) is 6.93. The van der Waals surface area contributed by atoms with Gasteiger partial charge < -0.3 is 5.32 Å². The number of piperidine rings is 1. The lowest BCUT2D eigenvalue weighted by Crippen LogP contribution is -2.50. The fourth-order valence-corrected chi connectivity index (χ4v) is 4.19. The molecule has 2 rings (SSSR count). The third-order valence-electron chi connectivity index (χ3n) is 3.24. The van der Waals surface area contributed by atoms with Gasteiger partial charge in [0.2, 0.25) is 10.0 Å². The zero-order valence-corrected chi connectivity index (χ0v) is 14.4. The van der Waals surface area contributed by atoms with Crippen LogP contribution >= 0.6 is 35.0 Å². The largest absolute Gasteiger partial charge is 0.315 e. The lowest BCUT2D eigenvalue weighted by atomic mass is 9.96. The van der Waals surface area contributed by atoms with Crippen LogP contribution in [0.15, 0.2) is 29.2 Å². The summed E-state index contributed by atoms with van der Waals surface area (Å²) >= 11 is 2.12. The van der Waals surface area contributed by atoms with Gasteiger partial charge in [0.25, 0.3) is 0 Å². The monoisotopic (exact) mass is 416 g/mol. The van der Waals surface area contributed by atoms with Crippen molar-refractivity contribution in [1.29, 1.82) is 0 Å². The predicted molar refractivity (Wildman–Crippen MR) is 87.2 cm³/mol. The van der Waals surface area contributed by atoms with Crippen LogP contribution in [0.25, 0.3) is 0 Å². The third kappa shape index (κ3) is 4.56. The highest BCUT2D eigenvalue weighted by molar-refractivity contribution is 14.1. The number of benzene rings is 1. The first-order chi connectivity index (χ1) is 8.49. The molecule has 1 aromatic rings. The van der Waals surface area contributed by atoms with Gasteiger partial charge in [-0.2, -0.15) is 0 Å². The van der Waals surface area contributed by atoms with Crippen LogP contribution in [0.5, 0.6) is 0 Å². The average Bonchev–Trinajstić information content (AvgIpc) is 2.32. The second-order valence-electron chi connectivity index (χ2n) is 4.66. The summed E-state index contributed by atoms with van der Waals surface area (Å²) in [4.78, 5) is 0.340. The summed E-state index contributed by atoms with van der Waals surface area (Å²) in [7, 11) is -3.41. The second-order valence-corrected chi connectivity index (χ2v) is 7.61. The molecule has 108 valence electrons. The fraction of sp³-hybridized carbons (Fsp3) is 0.500. The molecule has 19 heavy (non-hydrogen) atoms. The van der Waals surface area contributed by atoms with E-state index >= 15 is 0 Å². The van der Waals surface area contributed by atoms with Crippen molar-refractivity contribution in [1.82, 2.24) is 10.0 Å². The van der Waals surface area contributed by atoms with Gasteiger partial charge in [0.05, 0.1) is 4.90 Å². The molecular weight excluding hydrogens is 399 g/mol. The normalized spacial score (nSPS) is 23.7. The minimum absolute atomic E-state index is 0. The summed E-state index contributed by atoms with van der Waals surface area (Å²) < 4.78 is 28.2. The van der Waals surface area contributed by atoms with Crippen molar-refractivity contribution < 1.29 is 8.42 Å². The molecule has 1 aromatic carbocycles. The minimum atomic E-state index is -3.41. The van der Waals surface area contributed by atoms with Gasteiger partial charge in [-0.3, -0.25) is 0 Å². The van der Waals surface area contributed by atoms with Crippen LogP contribution in [0.2, 0.25) is 0 Å². The van der Waals surface area contributed by atoms with E-state index in [1.807, 2.05) is 6.07 Å². The highest BCUT2D eigenvalue weighted by Crippen LogP contribution is 2.17. The van der Waals surface area contributed by atoms with Gasteiger partial charge in [-0.1, -0.05) is 13.0 Å². The standard InChI is InChI=1S/C12H17IN2O2S.ClH/c1-9-5-6-14-8-12(9)15-18(16,17)11-4-2-3-10(13)7-11;/h2-4,7,9,12,14-15H,5-6,8H2,1H3;1H. The molecule has 1 aliphatic heterocycles. The van der Waals surface area contributed by atoms with E-state index in [-0.39, 0.29) is 18.4 Å². The van der Waals surface area contributed by atoms with E-state index in [1.165, 1.54) is 0 Å². The molecule has 0 aliphatic carbocycles. The number of rotatable bonds is 3. The van der Waals surface area contributed by atoms with Crippen molar-refractivity contribution in [3.8, 4) is 0 Å². The van der Waals surface area contributed by atoms with E-state index < -0.39 is 10.0 Å². The van der Waals surface area contributed by atoms with Gasteiger partial charge in [0.15, 0.2) is 0 Å². The van der Waals surface area contributed by atoms with Gasteiger partial charge in [-0.25, -0.2) is 13.1 Å². The number of nitrogens with one attached hydrogen (secondary N) is 2. The van der Waals surface area contributed by atoms with Gasteiger partial charge in [0.1, 0.15) is 0 Å². The summed E-state index contributed by atoms with van der Waals surface area (Å²) in [6.45, 7) is 3.75. The Bertz CT molecular complexity index is 524. The molecule has 0 saturated carbocycles. The lowest BCUT2D eigenvalue weighted by Gasteiger charge is -2.29. The van der Waals surface area contributed by atoms with Crippen molar-refractivity contribution in [3.63, 3.8) is 0 Å². The van der Waals surface area contributed by atoms with Crippen LogP contribution in [0.1, 0.15) is 13.3 Å². The molecule has 0 amide bonds. The van der Waals surface area contributed by atoms with Crippen molar-refractivity contribution in [2.45, 2.75) is 24.3 Å². The zero-order chi connectivity index (χ0) is 13.2. The van der Waals surface area contributed by atoms with E-state index in [1.54, 1.807) is 18.2 Å². The van der Waals surface area contributed by atoms with Crippen LogP contribution in [-0.4, -0.2) is 27.5 Å². The molecule has 2 N–H and O–H groups in total. The van der Waals surface area contributed by atoms with Crippen molar-refractivity contribution in [2.75, 3.05) is 13.1 Å². The molecule has 2 atom stereocenters. The van der Waals surface area contributed by atoms with Crippen LogP contribution < -0.4 is 10.0 Å². The average molecular weight is 417 g/mol. The smallest absolute Gasteiger partial charge is 0.240 e. The first-order valence-corrected chi connectivity index (χ1v) is 8.54. The Morgan fingerprint density at radius 1 is 1.42 bits per heavy atom.